The van der Waals surface area contributed by atoms with Crippen LogP contribution in [0.3, 0.4) is 0 Å². The van der Waals surface area contributed by atoms with E-state index in [1.807, 2.05) is 6.07 Å². The highest BCUT2D eigenvalue weighted by molar-refractivity contribution is 5.94. The number of nitrogens with zero attached hydrogens (tertiary/aromatic N) is 1. The lowest BCUT2D eigenvalue weighted by molar-refractivity contribution is 0.0599. The van der Waals surface area contributed by atoms with Gasteiger partial charge in [0.05, 0.1) is 25.3 Å². The fraction of sp³-hybridized carbons (Fsp3) is 0.273. The standard InChI is InChI=1S/C11H12N2O3/c1-15-9-3-7(5-12)10(11(14)16-2)8(4-9)6-13/h3-4H,5,12H2,1-2H3. The molecule has 1 aromatic carbocycles. The van der Waals surface area contributed by atoms with Gasteiger partial charge in [0.1, 0.15) is 11.8 Å². The molecule has 0 aromatic heterocycles. The molecule has 5 nitrogen and oxygen atoms in total. The normalized spacial score (nSPS) is 9.38. The molecule has 0 bridgehead atoms. The lowest BCUT2D eigenvalue weighted by Gasteiger charge is -2.10. The van der Waals surface area contributed by atoms with Crippen molar-refractivity contribution in [2.75, 3.05) is 14.2 Å². The van der Waals surface area contributed by atoms with Gasteiger partial charge in [-0.2, -0.15) is 5.26 Å². The lowest BCUT2D eigenvalue weighted by atomic mass is 10.0. The first kappa shape index (κ1) is 12.0. The van der Waals surface area contributed by atoms with E-state index in [2.05, 4.69) is 4.74 Å². The molecule has 1 aromatic rings. The third-order valence-corrected chi connectivity index (χ3v) is 2.16. The molecule has 0 saturated carbocycles. The van der Waals surface area contributed by atoms with Gasteiger partial charge in [0.25, 0.3) is 0 Å². The minimum absolute atomic E-state index is 0.135. The first-order valence-corrected chi connectivity index (χ1v) is 4.57. The third kappa shape index (κ3) is 2.12. The number of carbonyl (C=O) groups excluding carboxylic acids is 1. The summed E-state index contributed by atoms with van der Waals surface area (Å²) in [4.78, 5) is 11.5. The van der Waals surface area contributed by atoms with Crippen molar-refractivity contribution in [3.05, 3.63) is 28.8 Å². The Labute approximate surface area is 93.4 Å². The quantitative estimate of drug-likeness (QED) is 0.762. The van der Waals surface area contributed by atoms with Crippen LogP contribution in [0.1, 0.15) is 21.5 Å². The molecular formula is C11H12N2O3. The van der Waals surface area contributed by atoms with Crippen LogP contribution in [0.25, 0.3) is 0 Å². The van der Waals surface area contributed by atoms with Crippen molar-refractivity contribution >= 4 is 5.97 Å². The van der Waals surface area contributed by atoms with Crippen LogP contribution < -0.4 is 10.5 Å². The maximum absolute atomic E-state index is 11.5. The minimum Gasteiger partial charge on any atom is -0.497 e. The van der Waals surface area contributed by atoms with Gasteiger partial charge in [0.2, 0.25) is 0 Å². The Kier molecular flexibility index (Phi) is 3.86. The molecule has 0 atom stereocenters. The van der Waals surface area contributed by atoms with Gasteiger partial charge in [-0.3, -0.25) is 0 Å². The smallest absolute Gasteiger partial charge is 0.339 e. The Hall–Kier alpha value is -2.06. The average molecular weight is 220 g/mol. The van der Waals surface area contributed by atoms with E-state index >= 15 is 0 Å². The number of nitrogens with two attached hydrogens (primary N) is 1. The van der Waals surface area contributed by atoms with E-state index in [-0.39, 0.29) is 17.7 Å². The Morgan fingerprint density at radius 3 is 2.62 bits per heavy atom. The summed E-state index contributed by atoms with van der Waals surface area (Å²) in [5, 5.41) is 8.95. The highest BCUT2D eigenvalue weighted by Gasteiger charge is 2.18. The van der Waals surface area contributed by atoms with Gasteiger partial charge in [-0.15, -0.1) is 0 Å². The Morgan fingerprint density at radius 1 is 1.50 bits per heavy atom. The molecule has 0 saturated heterocycles. The van der Waals surface area contributed by atoms with Crippen molar-refractivity contribution in [3.8, 4) is 11.8 Å². The van der Waals surface area contributed by atoms with Gasteiger partial charge in [-0.05, 0) is 17.7 Å². The van der Waals surface area contributed by atoms with E-state index in [1.54, 1.807) is 6.07 Å². The van der Waals surface area contributed by atoms with Crippen LogP contribution >= 0.6 is 0 Å². The van der Waals surface area contributed by atoms with E-state index in [1.165, 1.54) is 20.3 Å². The summed E-state index contributed by atoms with van der Waals surface area (Å²) in [5.74, 6) is -0.0793. The van der Waals surface area contributed by atoms with Crippen molar-refractivity contribution < 1.29 is 14.3 Å². The predicted molar refractivity (Wildman–Crippen MR) is 56.9 cm³/mol. The highest BCUT2D eigenvalue weighted by Crippen LogP contribution is 2.22. The largest absolute Gasteiger partial charge is 0.497 e. The lowest BCUT2D eigenvalue weighted by Crippen LogP contribution is -2.11. The molecule has 0 unspecified atom stereocenters. The Balaban J connectivity index is 3.45. The fourth-order valence-corrected chi connectivity index (χ4v) is 1.38. The van der Waals surface area contributed by atoms with Crippen LogP contribution in [-0.4, -0.2) is 20.2 Å². The van der Waals surface area contributed by atoms with Gasteiger partial charge in [-0.25, -0.2) is 4.79 Å². The summed E-state index contributed by atoms with van der Waals surface area (Å²) in [6.07, 6.45) is 0. The number of hydrogen-bond acceptors (Lipinski definition) is 5. The van der Waals surface area contributed by atoms with E-state index in [4.69, 9.17) is 15.7 Å². The zero-order chi connectivity index (χ0) is 12.1. The number of carbonyl (C=O) groups is 1. The Bertz CT molecular complexity index is 449. The molecule has 0 heterocycles. The molecule has 1 rings (SSSR count). The first-order valence-electron chi connectivity index (χ1n) is 4.57. The second-order valence-corrected chi connectivity index (χ2v) is 3.02. The molecule has 84 valence electrons. The van der Waals surface area contributed by atoms with Crippen molar-refractivity contribution in [3.63, 3.8) is 0 Å². The van der Waals surface area contributed by atoms with Crippen LogP contribution in [0.2, 0.25) is 0 Å². The van der Waals surface area contributed by atoms with E-state index in [9.17, 15) is 4.79 Å². The molecule has 0 aliphatic rings. The van der Waals surface area contributed by atoms with Crippen molar-refractivity contribution in [1.82, 2.24) is 0 Å². The average Bonchev–Trinajstić information content (AvgIpc) is 2.35. The topological polar surface area (TPSA) is 85.3 Å². The number of benzene rings is 1. The van der Waals surface area contributed by atoms with Crippen LogP contribution in [-0.2, 0) is 11.3 Å². The minimum atomic E-state index is -0.570. The molecule has 0 amide bonds. The molecule has 2 N–H and O–H groups in total. The molecular weight excluding hydrogens is 208 g/mol. The van der Waals surface area contributed by atoms with Crippen molar-refractivity contribution in [2.45, 2.75) is 6.54 Å². The summed E-state index contributed by atoms with van der Waals surface area (Å²) in [6, 6.07) is 5.02. The third-order valence-electron chi connectivity index (χ3n) is 2.16. The zero-order valence-electron chi connectivity index (χ0n) is 9.11. The predicted octanol–water partition coefficient (Wildman–Crippen LogP) is 0.812. The summed E-state index contributed by atoms with van der Waals surface area (Å²) < 4.78 is 9.62. The van der Waals surface area contributed by atoms with Gasteiger partial charge < -0.3 is 15.2 Å². The van der Waals surface area contributed by atoms with Crippen LogP contribution in [0.5, 0.6) is 5.75 Å². The van der Waals surface area contributed by atoms with Gasteiger partial charge >= 0.3 is 5.97 Å². The second-order valence-electron chi connectivity index (χ2n) is 3.02. The SMILES string of the molecule is COC(=O)c1c(C#N)cc(OC)cc1CN. The molecule has 0 aliphatic carbocycles. The maximum Gasteiger partial charge on any atom is 0.339 e. The number of esters is 1. The van der Waals surface area contributed by atoms with E-state index in [0.29, 0.717) is 11.3 Å². The first-order chi connectivity index (χ1) is 7.67. The highest BCUT2D eigenvalue weighted by atomic mass is 16.5. The number of rotatable bonds is 3. The number of methoxy groups -OCH3 is 2. The monoisotopic (exact) mass is 220 g/mol. The summed E-state index contributed by atoms with van der Waals surface area (Å²) in [6.45, 7) is 0.135. The second kappa shape index (κ2) is 5.14. The Morgan fingerprint density at radius 2 is 2.19 bits per heavy atom. The van der Waals surface area contributed by atoms with E-state index < -0.39 is 5.97 Å². The zero-order valence-corrected chi connectivity index (χ0v) is 9.11. The molecule has 5 heteroatoms. The fourth-order valence-electron chi connectivity index (χ4n) is 1.38. The maximum atomic E-state index is 11.5. The number of hydrogen-bond donors (Lipinski definition) is 1. The van der Waals surface area contributed by atoms with Gasteiger partial charge in [-0.1, -0.05) is 0 Å². The van der Waals surface area contributed by atoms with E-state index in [0.717, 1.165) is 0 Å². The molecule has 0 fully saturated rings. The number of ether oxygens (including phenoxy) is 2. The summed E-state index contributed by atoms with van der Waals surface area (Å²) >= 11 is 0. The van der Waals surface area contributed by atoms with Crippen LogP contribution in [0, 0.1) is 11.3 Å². The summed E-state index contributed by atoms with van der Waals surface area (Å²) in [7, 11) is 2.74. The molecule has 16 heavy (non-hydrogen) atoms. The number of nitriles is 1. The molecule has 0 spiro atoms. The molecule has 0 aliphatic heterocycles. The van der Waals surface area contributed by atoms with Crippen molar-refractivity contribution in [2.24, 2.45) is 5.73 Å². The summed E-state index contributed by atoms with van der Waals surface area (Å²) in [5.41, 5.74) is 6.45. The van der Waals surface area contributed by atoms with Crippen LogP contribution in [0.4, 0.5) is 0 Å². The van der Waals surface area contributed by atoms with Gasteiger partial charge in [0, 0.05) is 6.54 Å². The van der Waals surface area contributed by atoms with Gasteiger partial charge in [0.15, 0.2) is 0 Å². The van der Waals surface area contributed by atoms with Crippen molar-refractivity contribution in [1.29, 1.82) is 5.26 Å². The molecule has 0 radical (unpaired) electrons. The van der Waals surface area contributed by atoms with Crippen LogP contribution in [0.15, 0.2) is 12.1 Å².